The van der Waals surface area contributed by atoms with E-state index in [1.54, 1.807) is 0 Å². The molecule has 0 N–H and O–H groups in total. The highest BCUT2D eigenvalue weighted by atomic mass is 14.3. The number of hydrogen-bond donors (Lipinski definition) is 0. The zero-order valence-electron chi connectivity index (χ0n) is 13.1. The Kier molecular flexibility index (Phi) is 6.07. The molecule has 0 saturated carbocycles. The third kappa shape index (κ3) is 4.89. The summed E-state index contributed by atoms with van der Waals surface area (Å²) >= 11 is 0. The van der Waals surface area contributed by atoms with E-state index in [0.717, 1.165) is 29.6 Å². The second kappa shape index (κ2) is 6.07. The maximum Gasteiger partial charge on any atom is -0.0354 e. The summed E-state index contributed by atoms with van der Waals surface area (Å²) < 4.78 is 0. The maximum atomic E-state index is 2.44. The largest absolute Gasteiger partial charge is 0.0625 e. The second-order valence-electron chi connectivity index (χ2n) is 7.45. The summed E-state index contributed by atoms with van der Waals surface area (Å²) in [7, 11) is 0. The molecular formula is C16H34. The van der Waals surface area contributed by atoms with E-state index in [-0.39, 0.29) is 0 Å². The quantitative estimate of drug-likeness (QED) is 0.570. The summed E-state index contributed by atoms with van der Waals surface area (Å²) in [6, 6.07) is 0. The van der Waals surface area contributed by atoms with Crippen molar-refractivity contribution < 1.29 is 0 Å². The summed E-state index contributed by atoms with van der Waals surface area (Å²) in [5.74, 6) is 4.12. The van der Waals surface area contributed by atoms with Crippen molar-refractivity contribution in [1.29, 1.82) is 0 Å². The summed E-state index contributed by atoms with van der Waals surface area (Å²) in [5.41, 5.74) is 0.439. The molecule has 0 saturated heterocycles. The van der Waals surface area contributed by atoms with Crippen molar-refractivity contribution in [2.75, 3.05) is 0 Å². The molecule has 0 nitrogen and oxygen atoms in total. The van der Waals surface area contributed by atoms with Crippen molar-refractivity contribution >= 4 is 0 Å². The summed E-state index contributed by atoms with van der Waals surface area (Å²) in [6.45, 7) is 21.5. The molecule has 0 bridgehead atoms. The van der Waals surface area contributed by atoms with E-state index in [1.165, 1.54) is 6.42 Å². The molecule has 0 spiro atoms. The van der Waals surface area contributed by atoms with E-state index < -0.39 is 0 Å². The minimum atomic E-state index is 0.439. The van der Waals surface area contributed by atoms with Crippen LogP contribution in [0.1, 0.15) is 68.7 Å². The molecule has 0 amide bonds. The topological polar surface area (TPSA) is 0 Å². The number of rotatable bonds is 5. The lowest BCUT2D eigenvalue weighted by Crippen LogP contribution is -2.29. The van der Waals surface area contributed by atoms with E-state index in [4.69, 9.17) is 0 Å². The molecule has 0 aliphatic rings. The Bertz CT molecular complexity index is 185. The van der Waals surface area contributed by atoms with Crippen LogP contribution >= 0.6 is 0 Å². The van der Waals surface area contributed by atoms with Gasteiger partial charge in [-0.3, -0.25) is 0 Å². The predicted molar refractivity (Wildman–Crippen MR) is 75.6 cm³/mol. The molecule has 0 heteroatoms. The predicted octanol–water partition coefficient (Wildman–Crippen LogP) is 5.62. The van der Waals surface area contributed by atoms with Crippen LogP contribution in [0.2, 0.25) is 0 Å². The van der Waals surface area contributed by atoms with Crippen LogP contribution in [-0.2, 0) is 0 Å². The normalized spacial score (nSPS) is 20.6. The Morgan fingerprint density at radius 3 is 1.50 bits per heavy atom. The van der Waals surface area contributed by atoms with Crippen LogP contribution in [-0.4, -0.2) is 0 Å². The first-order chi connectivity index (χ1) is 7.07. The molecule has 0 aliphatic heterocycles. The van der Waals surface area contributed by atoms with Gasteiger partial charge in [-0.05, 0) is 41.4 Å². The molecule has 16 heavy (non-hydrogen) atoms. The Morgan fingerprint density at radius 1 is 0.750 bits per heavy atom. The maximum absolute atomic E-state index is 2.44. The van der Waals surface area contributed by atoms with Gasteiger partial charge in [-0.25, -0.2) is 0 Å². The van der Waals surface area contributed by atoms with E-state index in [2.05, 4.69) is 62.3 Å². The van der Waals surface area contributed by atoms with Gasteiger partial charge in [0.25, 0.3) is 0 Å². The van der Waals surface area contributed by atoms with Crippen molar-refractivity contribution in [3.05, 3.63) is 0 Å². The Balaban J connectivity index is 4.34. The minimum Gasteiger partial charge on any atom is -0.0625 e. The van der Waals surface area contributed by atoms with Gasteiger partial charge in [0.2, 0.25) is 0 Å². The summed E-state index contributed by atoms with van der Waals surface area (Å²) in [6.07, 6.45) is 1.37. The summed E-state index contributed by atoms with van der Waals surface area (Å²) in [5, 5.41) is 0. The second-order valence-corrected chi connectivity index (χ2v) is 7.45. The van der Waals surface area contributed by atoms with Crippen LogP contribution in [0.3, 0.4) is 0 Å². The highest BCUT2D eigenvalue weighted by Gasteiger charge is 2.29. The van der Waals surface area contributed by atoms with E-state index >= 15 is 0 Å². The van der Waals surface area contributed by atoms with E-state index in [0.29, 0.717) is 5.41 Å². The zero-order chi connectivity index (χ0) is 13.1. The zero-order valence-corrected chi connectivity index (χ0v) is 13.1. The molecule has 4 unspecified atom stereocenters. The van der Waals surface area contributed by atoms with Crippen molar-refractivity contribution in [2.45, 2.75) is 68.7 Å². The Hall–Kier alpha value is 0. The van der Waals surface area contributed by atoms with Gasteiger partial charge < -0.3 is 0 Å². The van der Waals surface area contributed by atoms with Crippen molar-refractivity contribution in [3.63, 3.8) is 0 Å². The minimum absolute atomic E-state index is 0.439. The van der Waals surface area contributed by atoms with Crippen LogP contribution in [0.15, 0.2) is 0 Å². The highest BCUT2D eigenvalue weighted by Crippen LogP contribution is 2.37. The molecule has 0 rings (SSSR count). The molecule has 0 aliphatic carbocycles. The average molecular weight is 226 g/mol. The third-order valence-corrected chi connectivity index (χ3v) is 4.93. The molecule has 0 aromatic rings. The van der Waals surface area contributed by atoms with Crippen LogP contribution in [0, 0.1) is 35.0 Å². The van der Waals surface area contributed by atoms with Gasteiger partial charge in [0.15, 0.2) is 0 Å². The fourth-order valence-corrected chi connectivity index (χ4v) is 2.35. The first kappa shape index (κ1) is 16.0. The van der Waals surface area contributed by atoms with Gasteiger partial charge in [0, 0.05) is 0 Å². The standard InChI is InChI=1S/C16H34/c1-11(2)12(3)10-13(4)14(5)15(6)16(7,8)9/h11-15H,10H2,1-9H3. The molecule has 98 valence electrons. The molecule has 0 fully saturated rings. The molecule has 4 atom stereocenters. The first-order valence-corrected chi connectivity index (χ1v) is 7.07. The lowest BCUT2D eigenvalue weighted by Gasteiger charge is -2.37. The first-order valence-electron chi connectivity index (χ1n) is 7.07. The van der Waals surface area contributed by atoms with Gasteiger partial charge in [-0.15, -0.1) is 0 Å². The van der Waals surface area contributed by atoms with Crippen LogP contribution < -0.4 is 0 Å². The molecule has 0 aromatic heterocycles. The lowest BCUT2D eigenvalue weighted by atomic mass is 9.69. The highest BCUT2D eigenvalue weighted by molar-refractivity contribution is 4.79. The fourth-order valence-electron chi connectivity index (χ4n) is 2.35. The molecule has 0 aromatic carbocycles. The van der Waals surface area contributed by atoms with Crippen molar-refractivity contribution in [3.8, 4) is 0 Å². The van der Waals surface area contributed by atoms with Crippen molar-refractivity contribution in [2.24, 2.45) is 35.0 Å². The van der Waals surface area contributed by atoms with E-state index in [1.807, 2.05) is 0 Å². The molecule has 0 radical (unpaired) electrons. The van der Waals surface area contributed by atoms with Gasteiger partial charge in [-0.1, -0.05) is 62.3 Å². The monoisotopic (exact) mass is 226 g/mol. The van der Waals surface area contributed by atoms with Gasteiger partial charge in [-0.2, -0.15) is 0 Å². The smallest absolute Gasteiger partial charge is 0.0354 e. The van der Waals surface area contributed by atoms with E-state index in [9.17, 15) is 0 Å². The fraction of sp³-hybridized carbons (Fsp3) is 1.00. The van der Waals surface area contributed by atoms with Crippen LogP contribution in [0.5, 0.6) is 0 Å². The Labute approximate surface area is 104 Å². The average Bonchev–Trinajstić information content (AvgIpc) is 2.13. The van der Waals surface area contributed by atoms with Gasteiger partial charge in [0.05, 0.1) is 0 Å². The van der Waals surface area contributed by atoms with Crippen molar-refractivity contribution in [1.82, 2.24) is 0 Å². The van der Waals surface area contributed by atoms with Crippen LogP contribution in [0.25, 0.3) is 0 Å². The number of hydrogen-bond acceptors (Lipinski definition) is 0. The molecule has 0 heterocycles. The van der Waals surface area contributed by atoms with Crippen LogP contribution in [0.4, 0.5) is 0 Å². The van der Waals surface area contributed by atoms with Gasteiger partial charge >= 0.3 is 0 Å². The molecular weight excluding hydrogens is 192 g/mol. The summed E-state index contributed by atoms with van der Waals surface area (Å²) in [4.78, 5) is 0. The SMILES string of the molecule is CC(C)C(C)CC(C)C(C)C(C)C(C)(C)C. The third-order valence-electron chi connectivity index (χ3n) is 4.93. The Morgan fingerprint density at radius 2 is 1.19 bits per heavy atom. The lowest BCUT2D eigenvalue weighted by molar-refractivity contribution is 0.128. The van der Waals surface area contributed by atoms with Gasteiger partial charge in [0.1, 0.15) is 0 Å².